The molecule has 1 saturated heterocycles. The van der Waals surface area contributed by atoms with Crippen LogP contribution >= 0.6 is 15.9 Å². The fourth-order valence-corrected chi connectivity index (χ4v) is 3.87. The Morgan fingerprint density at radius 3 is 2.71 bits per heavy atom. The molecule has 2 rings (SSSR count). The van der Waals surface area contributed by atoms with Crippen molar-refractivity contribution in [1.82, 2.24) is 5.32 Å². The van der Waals surface area contributed by atoms with E-state index in [-0.39, 0.29) is 0 Å². The van der Waals surface area contributed by atoms with Crippen LogP contribution < -0.4 is 10.2 Å². The van der Waals surface area contributed by atoms with Gasteiger partial charge in [-0.1, -0.05) is 42.8 Å². The van der Waals surface area contributed by atoms with Crippen LogP contribution in [0.4, 0.5) is 5.69 Å². The molecule has 1 unspecified atom stereocenters. The van der Waals surface area contributed by atoms with Gasteiger partial charge < -0.3 is 10.2 Å². The Balaban J connectivity index is 2.12. The lowest BCUT2D eigenvalue weighted by Crippen LogP contribution is -2.25. The van der Waals surface area contributed by atoms with Crippen molar-refractivity contribution in [1.29, 1.82) is 0 Å². The van der Waals surface area contributed by atoms with Crippen molar-refractivity contribution in [2.45, 2.75) is 53.0 Å². The Hall–Kier alpha value is -0.540. The van der Waals surface area contributed by atoms with Crippen LogP contribution in [0.1, 0.15) is 58.6 Å². The molecule has 21 heavy (non-hydrogen) atoms. The van der Waals surface area contributed by atoms with Gasteiger partial charge >= 0.3 is 0 Å². The Morgan fingerprint density at radius 2 is 2.05 bits per heavy atom. The zero-order valence-corrected chi connectivity index (χ0v) is 15.5. The molecule has 1 aliphatic rings. The third-order valence-corrected chi connectivity index (χ3v) is 5.35. The predicted molar refractivity (Wildman–Crippen MR) is 96.1 cm³/mol. The molecule has 0 amide bonds. The summed E-state index contributed by atoms with van der Waals surface area (Å²) in [6.45, 7) is 12.5. The minimum atomic E-state index is 0.390. The normalized spacial score (nSPS) is 20.1. The number of nitrogens with zero attached hydrogens (tertiary/aromatic N) is 1. The summed E-state index contributed by atoms with van der Waals surface area (Å²) >= 11 is 3.76. The Kier molecular flexibility index (Phi) is 5.73. The molecule has 0 aromatic heterocycles. The second kappa shape index (κ2) is 7.15. The summed E-state index contributed by atoms with van der Waals surface area (Å²) in [5.41, 5.74) is 3.19. The third-order valence-electron chi connectivity index (χ3n) is 4.67. The zero-order chi connectivity index (χ0) is 15.5. The number of rotatable bonds is 4. The van der Waals surface area contributed by atoms with Crippen LogP contribution in [-0.4, -0.2) is 19.6 Å². The number of benzene rings is 1. The number of hydrogen-bond donors (Lipinski definition) is 1. The maximum atomic E-state index is 3.76. The van der Waals surface area contributed by atoms with E-state index in [0.717, 1.165) is 6.54 Å². The topological polar surface area (TPSA) is 15.3 Å². The van der Waals surface area contributed by atoms with Crippen molar-refractivity contribution >= 4 is 21.6 Å². The third kappa shape index (κ3) is 4.46. The van der Waals surface area contributed by atoms with E-state index in [1.807, 2.05) is 0 Å². The predicted octanol–water partition coefficient (Wildman–Crippen LogP) is 5.14. The molecule has 1 aromatic rings. The van der Waals surface area contributed by atoms with Crippen LogP contribution in [0.25, 0.3) is 0 Å². The van der Waals surface area contributed by atoms with Gasteiger partial charge in [-0.3, -0.25) is 0 Å². The monoisotopic (exact) mass is 352 g/mol. The van der Waals surface area contributed by atoms with E-state index >= 15 is 0 Å². The van der Waals surface area contributed by atoms with E-state index in [9.17, 15) is 0 Å². The minimum absolute atomic E-state index is 0.390. The highest BCUT2D eigenvalue weighted by Gasteiger charge is 2.23. The summed E-state index contributed by atoms with van der Waals surface area (Å²) in [5, 5.41) is 3.48. The molecule has 0 spiro atoms. The average Bonchev–Trinajstić information content (AvgIpc) is 2.60. The van der Waals surface area contributed by atoms with Crippen LogP contribution in [0.3, 0.4) is 0 Å². The summed E-state index contributed by atoms with van der Waals surface area (Å²) in [7, 11) is 0. The van der Waals surface area contributed by atoms with E-state index in [1.165, 1.54) is 48.1 Å². The maximum Gasteiger partial charge on any atom is 0.0377 e. The van der Waals surface area contributed by atoms with Crippen LogP contribution in [0.15, 0.2) is 22.7 Å². The molecular formula is C18H29BrN2. The lowest BCUT2D eigenvalue weighted by molar-refractivity contribution is 0.325. The van der Waals surface area contributed by atoms with Crippen molar-refractivity contribution in [2.75, 3.05) is 24.5 Å². The molecule has 0 radical (unpaired) electrons. The second-order valence-corrected chi connectivity index (χ2v) is 7.84. The Labute approximate surface area is 138 Å². The standard InChI is InChI=1S/C18H29BrN2/c1-5-20-14(2)16-8-7-15(13-17(16)19)21-11-6-9-18(3,4)10-12-21/h7-8,13-14,20H,5-6,9-12H2,1-4H3. The minimum Gasteiger partial charge on any atom is -0.371 e. The second-order valence-electron chi connectivity index (χ2n) is 6.99. The number of hydrogen-bond acceptors (Lipinski definition) is 2. The smallest absolute Gasteiger partial charge is 0.0377 e. The molecule has 0 bridgehead atoms. The highest BCUT2D eigenvalue weighted by Crippen LogP contribution is 2.33. The molecule has 118 valence electrons. The molecule has 1 heterocycles. The van der Waals surface area contributed by atoms with Crippen molar-refractivity contribution in [3.05, 3.63) is 28.2 Å². The van der Waals surface area contributed by atoms with Gasteiger partial charge in [-0.2, -0.15) is 0 Å². The Morgan fingerprint density at radius 1 is 1.29 bits per heavy atom. The van der Waals surface area contributed by atoms with Crippen LogP contribution in [0, 0.1) is 5.41 Å². The van der Waals surface area contributed by atoms with Gasteiger partial charge in [0.1, 0.15) is 0 Å². The first-order valence-electron chi connectivity index (χ1n) is 8.21. The molecule has 1 N–H and O–H groups in total. The van der Waals surface area contributed by atoms with Gasteiger partial charge in [0, 0.05) is 29.3 Å². The van der Waals surface area contributed by atoms with Gasteiger partial charge in [0.25, 0.3) is 0 Å². The number of halogens is 1. The fourth-order valence-electron chi connectivity index (χ4n) is 3.16. The van der Waals surface area contributed by atoms with Gasteiger partial charge in [-0.25, -0.2) is 0 Å². The Bertz CT molecular complexity index is 470. The SMILES string of the molecule is CCNC(C)c1ccc(N2CCCC(C)(C)CC2)cc1Br. The van der Waals surface area contributed by atoms with Crippen molar-refractivity contribution in [3.8, 4) is 0 Å². The molecule has 1 atom stereocenters. The molecule has 1 aromatic carbocycles. The lowest BCUT2D eigenvalue weighted by Gasteiger charge is -2.26. The van der Waals surface area contributed by atoms with E-state index < -0.39 is 0 Å². The highest BCUT2D eigenvalue weighted by molar-refractivity contribution is 9.10. The zero-order valence-electron chi connectivity index (χ0n) is 13.9. The summed E-state index contributed by atoms with van der Waals surface area (Å²) in [6.07, 6.45) is 3.90. The van der Waals surface area contributed by atoms with E-state index in [0.29, 0.717) is 11.5 Å². The molecule has 1 fully saturated rings. The van der Waals surface area contributed by atoms with Crippen LogP contribution in [0.2, 0.25) is 0 Å². The molecular weight excluding hydrogens is 324 g/mol. The summed E-state index contributed by atoms with van der Waals surface area (Å²) in [5.74, 6) is 0. The first-order chi connectivity index (χ1) is 9.93. The number of anilines is 1. The quantitative estimate of drug-likeness (QED) is 0.807. The largest absolute Gasteiger partial charge is 0.371 e. The van der Waals surface area contributed by atoms with Crippen LogP contribution in [0.5, 0.6) is 0 Å². The molecule has 0 saturated carbocycles. The van der Waals surface area contributed by atoms with Gasteiger partial charge in [0.15, 0.2) is 0 Å². The first-order valence-corrected chi connectivity index (χ1v) is 9.00. The van der Waals surface area contributed by atoms with E-state index in [2.05, 4.69) is 72.0 Å². The summed E-state index contributed by atoms with van der Waals surface area (Å²) in [6, 6.07) is 7.23. The summed E-state index contributed by atoms with van der Waals surface area (Å²) in [4.78, 5) is 2.54. The molecule has 0 aliphatic carbocycles. The van der Waals surface area contributed by atoms with E-state index in [1.54, 1.807) is 0 Å². The highest BCUT2D eigenvalue weighted by atomic mass is 79.9. The van der Waals surface area contributed by atoms with E-state index in [4.69, 9.17) is 0 Å². The van der Waals surface area contributed by atoms with Gasteiger partial charge in [0.05, 0.1) is 0 Å². The number of nitrogens with one attached hydrogen (secondary N) is 1. The van der Waals surface area contributed by atoms with Crippen LogP contribution in [-0.2, 0) is 0 Å². The lowest BCUT2D eigenvalue weighted by atomic mass is 9.85. The molecule has 1 aliphatic heterocycles. The fraction of sp³-hybridized carbons (Fsp3) is 0.667. The van der Waals surface area contributed by atoms with Crippen molar-refractivity contribution < 1.29 is 0 Å². The van der Waals surface area contributed by atoms with Crippen molar-refractivity contribution in [3.63, 3.8) is 0 Å². The average molecular weight is 353 g/mol. The van der Waals surface area contributed by atoms with Gasteiger partial charge in [-0.15, -0.1) is 0 Å². The van der Waals surface area contributed by atoms with Crippen molar-refractivity contribution in [2.24, 2.45) is 5.41 Å². The van der Waals surface area contributed by atoms with Gasteiger partial charge in [0.2, 0.25) is 0 Å². The summed E-state index contributed by atoms with van der Waals surface area (Å²) < 4.78 is 1.22. The molecule has 2 nitrogen and oxygen atoms in total. The maximum absolute atomic E-state index is 3.76. The first kappa shape index (κ1) is 16.8. The molecule has 3 heteroatoms. The van der Waals surface area contributed by atoms with Gasteiger partial charge in [-0.05, 0) is 55.8 Å².